The van der Waals surface area contributed by atoms with Crippen molar-refractivity contribution in [3.63, 3.8) is 0 Å². The second-order valence-electron chi connectivity index (χ2n) is 9.92. The molecule has 5 rings (SSSR count). The molecule has 12 heteroatoms. The number of hydrogen-bond acceptors (Lipinski definition) is 11. The lowest BCUT2D eigenvalue weighted by Crippen LogP contribution is -2.09. The lowest BCUT2D eigenvalue weighted by atomic mass is 10.0. The van der Waals surface area contributed by atoms with E-state index in [-0.39, 0.29) is 64.5 Å². The van der Waals surface area contributed by atoms with Crippen LogP contribution in [0.5, 0.6) is 34.5 Å². The smallest absolute Gasteiger partial charge is 0.336 e. The summed E-state index contributed by atoms with van der Waals surface area (Å²) in [5.74, 6) is -0.292. The van der Waals surface area contributed by atoms with Gasteiger partial charge in [0.25, 0.3) is 0 Å². The van der Waals surface area contributed by atoms with Crippen molar-refractivity contribution >= 4 is 17.5 Å². The first-order chi connectivity index (χ1) is 21.7. The van der Waals surface area contributed by atoms with Gasteiger partial charge in [0.05, 0.1) is 56.3 Å². The molecule has 1 N–H and O–H groups in total. The predicted octanol–water partition coefficient (Wildman–Crippen LogP) is 6.38. The molecule has 0 amide bonds. The first-order valence-electron chi connectivity index (χ1n) is 13.6. The Morgan fingerprint density at radius 2 is 1.16 bits per heavy atom. The van der Waals surface area contributed by atoms with Crippen LogP contribution in [0.4, 0.5) is 0 Å². The van der Waals surface area contributed by atoms with Crippen LogP contribution < -0.4 is 28.4 Å². The van der Waals surface area contributed by atoms with E-state index in [1.54, 1.807) is 12.1 Å². The quantitative estimate of drug-likeness (QED) is 0.146. The van der Waals surface area contributed by atoms with Gasteiger partial charge in [-0.3, -0.25) is 9.59 Å². The number of benzene rings is 1. The van der Waals surface area contributed by atoms with Gasteiger partial charge in [0.2, 0.25) is 0 Å². The average molecular weight is 619 g/mol. The van der Waals surface area contributed by atoms with Crippen molar-refractivity contribution in [3.05, 3.63) is 71.1 Å². The summed E-state index contributed by atoms with van der Waals surface area (Å²) in [6.45, 7) is 2.49. The topological polar surface area (TPSA) is 153 Å². The predicted molar refractivity (Wildman–Crippen MR) is 159 cm³/mol. The number of Topliss-reactive ketones (excluding diaryl/α,β-unsaturated/α-hetero) is 2. The highest BCUT2D eigenvalue weighted by atomic mass is 16.5. The summed E-state index contributed by atoms with van der Waals surface area (Å²) in [4.78, 5) is 37.8. The number of aromatic carboxylic acids is 1. The van der Waals surface area contributed by atoms with Crippen LogP contribution in [-0.2, 0) is 13.2 Å². The van der Waals surface area contributed by atoms with Gasteiger partial charge in [-0.15, -0.1) is 0 Å². The van der Waals surface area contributed by atoms with Crippen molar-refractivity contribution in [2.75, 3.05) is 28.4 Å². The van der Waals surface area contributed by atoms with Crippen LogP contribution in [0.1, 0.15) is 56.0 Å². The van der Waals surface area contributed by atoms with E-state index in [9.17, 15) is 19.5 Å². The maximum absolute atomic E-state index is 12.7. The molecule has 0 aromatic heterocycles. The first kappa shape index (κ1) is 30.8. The summed E-state index contributed by atoms with van der Waals surface area (Å²) in [6, 6.07) is 4.72. The zero-order valence-electron chi connectivity index (χ0n) is 25.4. The number of rotatable bonds is 13. The molecule has 2 heterocycles. The van der Waals surface area contributed by atoms with Crippen LogP contribution in [0.25, 0.3) is 22.3 Å². The highest BCUT2D eigenvalue weighted by molar-refractivity contribution is 6.10. The summed E-state index contributed by atoms with van der Waals surface area (Å²) in [5, 5.41) is 10.1. The molecule has 1 aromatic rings. The molecule has 0 fully saturated rings. The van der Waals surface area contributed by atoms with E-state index in [1.165, 1.54) is 73.4 Å². The van der Waals surface area contributed by atoms with Gasteiger partial charge in [-0.05, 0) is 25.5 Å². The van der Waals surface area contributed by atoms with Crippen molar-refractivity contribution in [2.24, 2.45) is 0 Å². The van der Waals surface area contributed by atoms with E-state index >= 15 is 0 Å². The molecule has 0 unspecified atom stereocenters. The number of ketones is 2. The van der Waals surface area contributed by atoms with E-state index in [0.717, 1.165) is 0 Å². The molecule has 12 nitrogen and oxygen atoms in total. The highest BCUT2D eigenvalue weighted by Gasteiger charge is 2.33. The first-order valence-corrected chi connectivity index (χ1v) is 13.6. The molecule has 234 valence electrons. The fourth-order valence-corrected chi connectivity index (χ4v) is 5.37. The Morgan fingerprint density at radius 3 is 1.58 bits per heavy atom. The number of ether oxygens (including phenoxy) is 6. The van der Waals surface area contributed by atoms with Gasteiger partial charge in [0.15, 0.2) is 46.1 Å². The van der Waals surface area contributed by atoms with Gasteiger partial charge in [0, 0.05) is 16.7 Å². The molecule has 0 spiro atoms. The normalized spacial score (nSPS) is 11.0. The summed E-state index contributed by atoms with van der Waals surface area (Å²) < 4.78 is 44.8. The molecule has 4 aliphatic rings. The van der Waals surface area contributed by atoms with Crippen LogP contribution in [0.15, 0.2) is 52.1 Å². The van der Waals surface area contributed by atoms with Crippen LogP contribution in [0, 0.1) is 0 Å². The van der Waals surface area contributed by atoms with Crippen LogP contribution in [0.3, 0.4) is 0 Å². The lowest BCUT2D eigenvalue weighted by molar-refractivity contribution is 0.0693. The Bertz CT molecular complexity index is 1840. The number of fused-ring (bicyclic) bond motifs is 2. The third-order valence-corrected chi connectivity index (χ3v) is 7.32. The molecule has 0 radical (unpaired) electrons. The van der Waals surface area contributed by atoms with Gasteiger partial charge in [-0.2, -0.15) is 0 Å². The van der Waals surface area contributed by atoms with E-state index in [4.69, 9.17) is 37.3 Å². The van der Waals surface area contributed by atoms with Gasteiger partial charge >= 0.3 is 5.97 Å². The second-order valence-corrected chi connectivity index (χ2v) is 9.92. The SMILES string of the molecule is COc1cocc2c(OC)c(OCc3ccc(COc4c(OC)c5cocc(OC)c-5c4C(C)=O)c(C(=O)O)c3)c(C(C)=O)c1-2. The summed E-state index contributed by atoms with van der Waals surface area (Å²) in [6.07, 6.45) is 5.58. The summed E-state index contributed by atoms with van der Waals surface area (Å²) >= 11 is 0. The lowest BCUT2D eigenvalue weighted by Gasteiger charge is -2.13. The second kappa shape index (κ2) is 12.5. The standard InChI is InChI=1S/C33H30O12/c1-16(34)25-27-21(12-42-14-23(27)38-3)29(40-5)31(25)44-10-18-7-8-19(20(9-18)33(36)37)11-45-32-26(17(2)35)28-22(30(32)41-6)13-43-15-24(28)39-4/h7-9,12-15H,10-11H2,1-6H3,(H,36,37). The maximum Gasteiger partial charge on any atom is 0.336 e. The van der Waals surface area contributed by atoms with E-state index in [1.807, 2.05) is 0 Å². The zero-order chi connectivity index (χ0) is 32.4. The Kier molecular flexibility index (Phi) is 8.57. The molecular weight excluding hydrogens is 588 g/mol. The van der Waals surface area contributed by atoms with Crippen molar-refractivity contribution in [1.29, 1.82) is 0 Å². The summed E-state index contributed by atoms with van der Waals surface area (Å²) in [7, 11) is 5.77. The van der Waals surface area contributed by atoms with Crippen molar-refractivity contribution in [1.82, 2.24) is 0 Å². The minimum Gasteiger partial charge on any atom is -0.493 e. The van der Waals surface area contributed by atoms with Crippen molar-refractivity contribution in [2.45, 2.75) is 27.1 Å². The number of hydrogen-bond donors (Lipinski definition) is 1. The number of carbonyl (C=O) groups excluding carboxylic acids is 2. The van der Waals surface area contributed by atoms with Gasteiger partial charge in [-0.1, -0.05) is 12.1 Å². The molecule has 45 heavy (non-hydrogen) atoms. The third kappa shape index (κ3) is 5.35. The molecule has 0 bridgehead atoms. The molecule has 2 aliphatic heterocycles. The minimum absolute atomic E-state index is 0.0463. The van der Waals surface area contributed by atoms with Crippen molar-refractivity contribution in [3.8, 4) is 56.8 Å². The minimum atomic E-state index is -1.20. The Morgan fingerprint density at radius 1 is 0.667 bits per heavy atom. The average Bonchev–Trinajstić information content (AvgIpc) is 3.54. The largest absolute Gasteiger partial charge is 0.493 e. The van der Waals surface area contributed by atoms with Crippen molar-refractivity contribution < 1.29 is 56.7 Å². The fourth-order valence-electron chi connectivity index (χ4n) is 5.37. The Hall–Kier alpha value is -5.65. The number of carboxylic acids is 1. The molecular formula is C33H30O12. The van der Waals surface area contributed by atoms with E-state index in [2.05, 4.69) is 0 Å². The molecule has 0 saturated carbocycles. The Balaban J connectivity index is 1.47. The molecule has 1 aromatic carbocycles. The highest BCUT2D eigenvalue weighted by Crippen LogP contribution is 2.53. The van der Waals surface area contributed by atoms with Crippen LogP contribution in [-0.4, -0.2) is 51.1 Å². The van der Waals surface area contributed by atoms with Gasteiger partial charge < -0.3 is 42.4 Å². The Labute approximate surface area is 257 Å². The third-order valence-electron chi connectivity index (χ3n) is 7.32. The molecule has 0 atom stereocenters. The van der Waals surface area contributed by atoms with Crippen LogP contribution >= 0.6 is 0 Å². The fraction of sp³-hybridized carbons (Fsp3) is 0.242. The zero-order valence-corrected chi connectivity index (χ0v) is 25.4. The van der Waals surface area contributed by atoms with Gasteiger partial charge in [0.1, 0.15) is 38.3 Å². The molecule has 2 aliphatic carbocycles. The van der Waals surface area contributed by atoms with Crippen LogP contribution in [0.2, 0.25) is 0 Å². The number of carboxylic acid groups (broad SMARTS) is 1. The molecule has 0 saturated heterocycles. The number of carbonyl (C=O) groups is 3. The maximum atomic E-state index is 12.7. The van der Waals surface area contributed by atoms with E-state index in [0.29, 0.717) is 44.9 Å². The van der Waals surface area contributed by atoms with Gasteiger partial charge in [-0.25, -0.2) is 4.79 Å². The summed E-state index contributed by atoms with van der Waals surface area (Å²) in [5.41, 5.74) is 3.15. The number of methoxy groups -OCH3 is 4. The van der Waals surface area contributed by atoms with E-state index < -0.39 is 5.97 Å². The monoisotopic (exact) mass is 618 g/mol.